The summed E-state index contributed by atoms with van der Waals surface area (Å²) < 4.78 is 0. The highest BCUT2D eigenvalue weighted by Gasteiger charge is 2.10. The third kappa shape index (κ3) is 6.15. The topological polar surface area (TPSA) is 6.48 Å². The molecular weight excluding hydrogens is 360 g/mol. The van der Waals surface area contributed by atoms with E-state index in [0.717, 1.165) is 32.7 Å². The summed E-state index contributed by atoms with van der Waals surface area (Å²) in [4.78, 5) is 6.64. The molecule has 2 nitrogen and oxygen atoms in total. The number of likely N-dealkylation sites (N-methyl/N-ethyl adjacent to an activating group) is 1. The zero-order valence-electron chi connectivity index (χ0n) is 17.4. The van der Waals surface area contributed by atoms with Gasteiger partial charge in [0, 0.05) is 25.3 Å². The molecule has 3 heteroatoms. The van der Waals surface area contributed by atoms with Crippen LogP contribution >= 0.6 is 11.8 Å². The van der Waals surface area contributed by atoms with Crippen molar-refractivity contribution in [3.8, 4) is 0 Å². The first-order valence-electron chi connectivity index (χ1n) is 10.7. The second-order valence-electron chi connectivity index (χ2n) is 7.35. The molecule has 2 aromatic carbocycles. The lowest BCUT2D eigenvalue weighted by molar-refractivity contribution is 0.309. The molecule has 0 amide bonds. The summed E-state index contributed by atoms with van der Waals surface area (Å²) in [5, 5.41) is 2.66. The predicted molar refractivity (Wildman–Crippen MR) is 127 cm³/mol. The zero-order valence-corrected chi connectivity index (χ0v) is 18.3. The lowest BCUT2D eigenvalue weighted by atomic mass is 10.1. The predicted octanol–water partition coefficient (Wildman–Crippen LogP) is 6.35. The number of hydrogen-bond donors (Lipinski definition) is 0. The summed E-state index contributed by atoms with van der Waals surface area (Å²) in [6, 6.07) is 15.6. The molecule has 0 aromatic heterocycles. The zero-order chi connectivity index (χ0) is 19.6. The Balaban J connectivity index is 1.63. The van der Waals surface area contributed by atoms with Crippen LogP contribution in [0.4, 0.5) is 5.69 Å². The normalized spacial score (nSPS) is 13.9. The summed E-state index contributed by atoms with van der Waals surface area (Å²) in [7, 11) is 0. The van der Waals surface area contributed by atoms with E-state index in [1.807, 2.05) is 11.8 Å². The largest absolute Gasteiger partial charge is 0.370 e. The lowest BCUT2D eigenvalue weighted by Gasteiger charge is -2.28. The van der Waals surface area contributed by atoms with Crippen molar-refractivity contribution in [1.82, 2.24) is 4.90 Å². The van der Waals surface area contributed by atoms with Crippen LogP contribution in [0, 0.1) is 0 Å². The molecule has 0 unspecified atom stereocenters. The standard InChI is InChI=1S/C25H34N2S/c1-3-26(4-2)18-19-27(17-10-20-28-25-13-6-5-7-14-25)24-16-15-22-11-8-9-12-23(22)21-24/h5-6,8-9,11-13,15-16,21H,3-4,7,10,14,17-20H2,1-2H3. The molecule has 150 valence electrons. The summed E-state index contributed by atoms with van der Waals surface area (Å²) in [5.74, 6) is 1.20. The van der Waals surface area contributed by atoms with Gasteiger partial charge in [-0.1, -0.05) is 62.4 Å². The summed E-state index contributed by atoms with van der Waals surface area (Å²) in [5.41, 5.74) is 1.36. The Morgan fingerprint density at radius 1 is 0.929 bits per heavy atom. The second-order valence-corrected chi connectivity index (χ2v) is 8.57. The highest BCUT2D eigenvalue weighted by Crippen LogP contribution is 2.26. The van der Waals surface area contributed by atoms with E-state index in [0.29, 0.717) is 0 Å². The van der Waals surface area contributed by atoms with E-state index >= 15 is 0 Å². The van der Waals surface area contributed by atoms with Crippen molar-refractivity contribution in [2.75, 3.05) is 43.4 Å². The van der Waals surface area contributed by atoms with E-state index in [1.165, 1.54) is 41.5 Å². The number of fused-ring (bicyclic) bond motifs is 1. The van der Waals surface area contributed by atoms with Crippen molar-refractivity contribution in [2.24, 2.45) is 0 Å². The highest BCUT2D eigenvalue weighted by atomic mass is 32.2. The number of nitrogens with zero attached hydrogens (tertiary/aromatic N) is 2. The Morgan fingerprint density at radius 2 is 1.75 bits per heavy atom. The first kappa shape index (κ1) is 21.0. The minimum Gasteiger partial charge on any atom is -0.370 e. The first-order chi connectivity index (χ1) is 13.8. The van der Waals surface area contributed by atoms with Gasteiger partial charge in [-0.15, -0.1) is 11.8 Å². The van der Waals surface area contributed by atoms with Crippen LogP contribution in [0.15, 0.2) is 65.6 Å². The molecule has 0 N–H and O–H groups in total. The Bertz CT molecular complexity index is 792. The van der Waals surface area contributed by atoms with Crippen LogP contribution in [-0.2, 0) is 0 Å². The fourth-order valence-electron chi connectivity index (χ4n) is 3.70. The third-order valence-electron chi connectivity index (χ3n) is 5.51. The number of rotatable bonds is 11. The molecule has 0 fully saturated rings. The molecule has 1 aliphatic rings. The lowest BCUT2D eigenvalue weighted by Crippen LogP contribution is -2.35. The van der Waals surface area contributed by atoms with E-state index in [9.17, 15) is 0 Å². The second kappa shape index (κ2) is 11.3. The summed E-state index contributed by atoms with van der Waals surface area (Å²) in [6.07, 6.45) is 10.4. The van der Waals surface area contributed by atoms with Gasteiger partial charge in [0.05, 0.1) is 0 Å². The van der Waals surface area contributed by atoms with E-state index < -0.39 is 0 Å². The SMILES string of the molecule is CCN(CC)CCN(CCCSC1=CC=CCC1)c1ccc2ccccc2c1. The molecule has 0 atom stereocenters. The fraction of sp³-hybridized carbons (Fsp3) is 0.440. The monoisotopic (exact) mass is 394 g/mol. The summed E-state index contributed by atoms with van der Waals surface area (Å²) >= 11 is 2.04. The number of benzene rings is 2. The van der Waals surface area contributed by atoms with Gasteiger partial charge < -0.3 is 9.80 Å². The maximum atomic E-state index is 2.58. The average molecular weight is 395 g/mol. The smallest absolute Gasteiger partial charge is 0.0373 e. The molecule has 0 saturated heterocycles. The maximum Gasteiger partial charge on any atom is 0.0373 e. The number of allylic oxidation sites excluding steroid dienone is 4. The van der Waals surface area contributed by atoms with Crippen LogP contribution in [0.1, 0.15) is 33.1 Å². The molecule has 28 heavy (non-hydrogen) atoms. The molecule has 0 bridgehead atoms. The van der Waals surface area contributed by atoms with Gasteiger partial charge in [0.25, 0.3) is 0 Å². The maximum absolute atomic E-state index is 2.58. The van der Waals surface area contributed by atoms with Gasteiger partial charge in [0.2, 0.25) is 0 Å². The minimum atomic E-state index is 1.09. The molecule has 3 rings (SSSR count). The fourth-order valence-corrected chi connectivity index (χ4v) is 4.68. The van der Waals surface area contributed by atoms with Crippen molar-refractivity contribution >= 4 is 28.2 Å². The van der Waals surface area contributed by atoms with Gasteiger partial charge >= 0.3 is 0 Å². The third-order valence-corrected chi connectivity index (χ3v) is 6.72. The van der Waals surface area contributed by atoms with Crippen molar-refractivity contribution in [2.45, 2.75) is 33.1 Å². The van der Waals surface area contributed by atoms with E-state index in [-0.39, 0.29) is 0 Å². The molecule has 0 aliphatic heterocycles. The van der Waals surface area contributed by atoms with E-state index in [2.05, 4.69) is 84.3 Å². The number of thioether (sulfide) groups is 1. The van der Waals surface area contributed by atoms with Gasteiger partial charge in [-0.3, -0.25) is 0 Å². The highest BCUT2D eigenvalue weighted by molar-refractivity contribution is 8.03. The van der Waals surface area contributed by atoms with Gasteiger partial charge in [0.15, 0.2) is 0 Å². The van der Waals surface area contributed by atoms with Crippen LogP contribution in [0.5, 0.6) is 0 Å². The minimum absolute atomic E-state index is 1.09. The Kier molecular flexibility index (Phi) is 8.50. The average Bonchev–Trinajstić information content (AvgIpc) is 2.76. The van der Waals surface area contributed by atoms with Crippen molar-refractivity contribution < 1.29 is 0 Å². The van der Waals surface area contributed by atoms with Crippen molar-refractivity contribution in [3.63, 3.8) is 0 Å². The number of anilines is 1. The van der Waals surface area contributed by atoms with Crippen LogP contribution in [-0.4, -0.2) is 43.4 Å². The van der Waals surface area contributed by atoms with Crippen LogP contribution < -0.4 is 4.90 Å². The van der Waals surface area contributed by atoms with E-state index in [4.69, 9.17) is 0 Å². The van der Waals surface area contributed by atoms with E-state index in [1.54, 1.807) is 4.91 Å². The molecule has 0 spiro atoms. The number of hydrogen-bond acceptors (Lipinski definition) is 3. The van der Waals surface area contributed by atoms with Crippen molar-refractivity contribution in [3.05, 3.63) is 65.6 Å². The van der Waals surface area contributed by atoms with Crippen molar-refractivity contribution in [1.29, 1.82) is 0 Å². The quantitative estimate of drug-likeness (QED) is 0.410. The molecule has 0 saturated carbocycles. The van der Waals surface area contributed by atoms with Crippen LogP contribution in [0.25, 0.3) is 10.8 Å². The Morgan fingerprint density at radius 3 is 2.50 bits per heavy atom. The first-order valence-corrected chi connectivity index (χ1v) is 11.7. The molecule has 1 aliphatic carbocycles. The van der Waals surface area contributed by atoms with Gasteiger partial charge in [-0.05, 0) is 65.9 Å². The summed E-state index contributed by atoms with van der Waals surface area (Å²) in [6.45, 7) is 10.1. The van der Waals surface area contributed by atoms with Gasteiger partial charge in [-0.25, -0.2) is 0 Å². The van der Waals surface area contributed by atoms with Crippen LogP contribution in [0.2, 0.25) is 0 Å². The van der Waals surface area contributed by atoms with Crippen LogP contribution in [0.3, 0.4) is 0 Å². The van der Waals surface area contributed by atoms with Gasteiger partial charge in [0.1, 0.15) is 0 Å². The molecule has 0 heterocycles. The Labute approximate surface area is 175 Å². The Hall–Kier alpha value is -1.71. The molecular formula is C25H34N2S. The molecule has 2 aromatic rings. The van der Waals surface area contributed by atoms with Gasteiger partial charge in [-0.2, -0.15) is 0 Å². The molecule has 0 radical (unpaired) electrons.